The topological polar surface area (TPSA) is 27.7 Å². The van der Waals surface area contributed by atoms with E-state index in [4.69, 9.17) is 13.3 Å². The van der Waals surface area contributed by atoms with E-state index in [0.717, 1.165) is 12.5 Å². The summed E-state index contributed by atoms with van der Waals surface area (Å²) in [7, 11) is -2.48. The van der Waals surface area contributed by atoms with E-state index in [2.05, 4.69) is 34.6 Å². The van der Waals surface area contributed by atoms with Gasteiger partial charge in [0.1, 0.15) is 0 Å². The van der Waals surface area contributed by atoms with Crippen LogP contribution in [0.2, 0.25) is 6.04 Å². The molecule has 116 valence electrons. The van der Waals surface area contributed by atoms with Gasteiger partial charge in [-0.25, -0.2) is 0 Å². The lowest BCUT2D eigenvalue weighted by molar-refractivity contribution is 0.0589. The normalized spacial score (nSPS) is 13.9. The van der Waals surface area contributed by atoms with Crippen molar-refractivity contribution in [3.63, 3.8) is 0 Å². The number of rotatable bonds is 9. The average Bonchev–Trinajstić information content (AvgIpc) is 2.26. The Balaban J connectivity index is 4.81. The zero-order valence-corrected chi connectivity index (χ0v) is 15.3. The van der Waals surface area contributed by atoms with E-state index >= 15 is 0 Å². The Morgan fingerprint density at radius 3 is 1.37 bits per heavy atom. The van der Waals surface area contributed by atoms with Gasteiger partial charge in [-0.2, -0.15) is 0 Å². The van der Waals surface area contributed by atoms with Crippen LogP contribution in [-0.2, 0) is 13.3 Å². The molecule has 0 spiro atoms. The molecule has 0 aliphatic rings. The molecular formula is C15H34O3Si. The molecule has 0 aromatic rings. The predicted molar refractivity (Wildman–Crippen MR) is 83.3 cm³/mol. The first kappa shape index (κ1) is 19.1. The molecule has 0 rings (SSSR count). The largest absolute Gasteiger partial charge is 0.500 e. The molecule has 0 aromatic carbocycles. The summed E-state index contributed by atoms with van der Waals surface area (Å²) in [4.78, 5) is 0. The van der Waals surface area contributed by atoms with Gasteiger partial charge in [0.25, 0.3) is 0 Å². The monoisotopic (exact) mass is 290 g/mol. The summed E-state index contributed by atoms with van der Waals surface area (Å²) in [5, 5.41) is 0. The van der Waals surface area contributed by atoms with Crippen LogP contribution in [0.4, 0.5) is 0 Å². The van der Waals surface area contributed by atoms with Crippen molar-refractivity contribution in [2.75, 3.05) is 19.8 Å². The average molecular weight is 291 g/mol. The lowest BCUT2D eigenvalue weighted by atomic mass is 9.68. The SMILES string of the molecule is CCO[Si](CCC(C)(C)C(C)(C)C)(OCC)OCC. The zero-order valence-electron chi connectivity index (χ0n) is 14.3. The maximum Gasteiger partial charge on any atom is 0.500 e. The lowest BCUT2D eigenvalue weighted by Crippen LogP contribution is -2.47. The van der Waals surface area contributed by atoms with E-state index in [0.29, 0.717) is 19.8 Å². The first-order valence-electron chi connectivity index (χ1n) is 7.56. The van der Waals surface area contributed by atoms with Crippen molar-refractivity contribution < 1.29 is 13.3 Å². The maximum absolute atomic E-state index is 5.91. The van der Waals surface area contributed by atoms with Crippen LogP contribution in [0.15, 0.2) is 0 Å². The van der Waals surface area contributed by atoms with Gasteiger partial charge in [-0.05, 0) is 38.0 Å². The summed E-state index contributed by atoms with van der Waals surface area (Å²) in [5.41, 5.74) is 0.494. The molecule has 0 saturated heterocycles. The van der Waals surface area contributed by atoms with Crippen LogP contribution < -0.4 is 0 Å². The van der Waals surface area contributed by atoms with Crippen LogP contribution in [-0.4, -0.2) is 28.6 Å². The van der Waals surface area contributed by atoms with Crippen molar-refractivity contribution in [2.24, 2.45) is 10.8 Å². The van der Waals surface area contributed by atoms with Crippen LogP contribution in [0.25, 0.3) is 0 Å². The Labute approximate surface area is 121 Å². The summed E-state index contributed by atoms with van der Waals surface area (Å²) in [6.45, 7) is 19.5. The zero-order chi connectivity index (χ0) is 15.2. The van der Waals surface area contributed by atoms with E-state index < -0.39 is 8.80 Å². The van der Waals surface area contributed by atoms with Crippen LogP contribution >= 0.6 is 0 Å². The van der Waals surface area contributed by atoms with Crippen LogP contribution in [0, 0.1) is 10.8 Å². The van der Waals surface area contributed by atoms with Gasteiger partial charge in [-0.15, -0.1) is 0 Å². The Morgan fingerprint density at radius 2 is 1.11 bits per heavy atom. The quantitative estimate of drug-likeness (QED) is 0.585. The lowest BCUT2D eigenvalue weighted by Gasteiger charge is -2.41. The molecule has 0 aromatic heterocycles. The second-order valence-corrected chi connectivity index (χ2v) is 9.35. The van der Waals surface area contributed by atoms with Crippen molar-refractivity contribution in [1.29, 1.82) is 0 Å². The molecule has 0 bridgehead atoms. The second kappa shape index (κ2) is 7.77. The van der Waals surface area contributed by atoms with Gasteiger partial charge in [-0.1, -0.05) is 34.6 Å². The fraction of sp³-hybridized carbons (Fsp3) is 1.00. The highest BCUT2D eigenvalue weighted by Gasteiger charge is 2.43. The minimum Gasteiger partial charge on any atom is -0.374 e. The third-order valence-corrected chi connectivity index (χ3v) is 7.23. The molecular weight excluding hydrogens is 256 g/mol. The van der Waals surface area contributed by atoms with Gasteiger partial charge in [0, 0.05) is 25.9 Å². The Morgan fingerprint density at radius 1 is 0.737 bits per heavy atom. The molecule has 0 saturated carbocycles. The van der Waals surface area contributed by atoms with E-state index in [1.54, 1.807) is 0 Å². The minimum atomic E-state index is -2.48. The smallest absolute Gasteiger partial charge is 0.374 e. The molecule has 0 aliphatic heterocycles. The molecule has 0 heterocycles. The Kier molecular flexibility index (Phi) is 7.81. The molecule has 4 heteroatoms. The van der Waals surface area contributed by atoms with E-state index in [1.165, 1.54) is 0 Å². The van der Waals surface area contributed by atoms with Crippen LogP contribution in [0.1, 0.15) is 61.8 Å². The summed E-state index contributed by atoms with van der Waals surface area (Å²) >= 11 is 0. The van der Waals surface area contributed by atoms with Crippen molar-refractivity contribution in [2.45, 2.75) is 67.9 Å². The number of hydrogen-bond donors (Lipinski definition) is 0. The van der Waals surface area contributed by atoms with Gasteiger partial charge >= 0.3 is 8.80 Å². The highest BCUT2D eigenvalue weighted by atomic mass is 28.4. The highest BCUT2D eigenvalue weighted by Crippen LogP contribution is 2.43. The van der Waals surface area contributed by atoms with E-state index in [-0.39, 0.29) is 10.8 Å². The fourth-order valence-corrected chi connectivity index (χ4v) is 4.78. The molecule has 0 fully saturated rings. The predicted octanol–water partition coefficient (Wildman–Crippen LogP) is 4.50. The summed E-state index contributed by atoms with van der Waals surface area (Å²) in [5.74, 6) is 0. The molecule has 0 radical (unpaired) electrons. The van der Waals surface area contributed by atoms with E-state index in [9.17, 15) is 0 Å². The minimum absolute atomic E-state index is 0.233. The second-order valence-electron chi connectivity index (χ2n) is 6.62. The van der Waals surface area contributed by atoms with Crippen molar-refractivity contribution >= 4 is 8.80 Å². The first-order chi connectivity index (χ1) is 8.64. The molecule has 3 nitrogen and oxygen atoms in total. The third-order valence-electron chi connectivity index (χ3n) is 4.18. The van der Waals surface area contributed by atoms with Gasteiger partial charge < -0.3 is 13.3 Å². The molecule has 0 aliphatic carbocycles. The molecule has 19 heavy (non-hydrogen) atoms. The van der Waals surface area contributed by atoms with Gasteiger partial charge in [0.05, 0.1) is 0 Å². The summed E-state index contributed by atoms with van der Waals surface area (Å²) in [6.07, 6.45) is 1.06. The van der Waals surface area contributed by atoms with Gasteiger partial charge in [-0.3, -0.25) is 0 Å². The Bertz CT molecular complexity index is 229. The van der Waals surface area contributed by atoms with Crippen molar-refractivity contribution in [3.05, 3.63) is 0 Å². The summed E-state index contributed by atoms with van der Waals surface area (Å²) in [6, 6.07) is 0.896. The van der Waals surface area contributed by atoms with Crippen LogP contribution in [0.3, 0.4) is 0 Å². The fourth-order valence-electron chi connectivity index (χ4n) is 1.84. The molecule has 0 atom stereocenters. The third kappa shape index (κ3) is 5.94. The molecule has 0 unspecified atom stereocenters. The van der Waals surface area contributed by atoms with E-state index in [1.807, 2.05) is 20.8 Å². The van der Waals surface area contributed by atoms with Crippen molar-refractivity contribution in [1.82, 2.24) is 0 Å². The van der Waals surface area contributed by atoms with Crippen molar-refractivity contribution in [3.8, 4) is 0 Å². The summed E-state index contributed by atoms with van der Waals surface area (Å²) < 4.78 is 17.7. The standard InChI is InChI=1S/C15H34O3Si/c1-9-16-19(17-10-2,18-11-3)13-12-15(7,8)14(4,5)6/h9-13H2,1-8H3. The Hall–Kier alpha value is 0.0969. The number of hydrogen-bond acceptors (Lipinski definition) is 3. The van der Waals surface area contributed by atoms with Crippen LogP contribution in [0.5, 0.6) is 0 Å². The maximum atomic E-state index is 5.91. The molecule has 0 amide bonds. The van der Waals surface area contributed by atoms with Gasteiger partial charge in [0.15, 0.2) is 0 Å². The van der Waals surface area contributed by atoms with Gasteiger partial charge in [0.2, 0.25) is 0 Å². The first-order valence-corrected chi connectivity index (χ1v) is 9.49. The molecule has 0 N–H and O–H groups in total. The highest BCUT2D eigenvalue weighted by molar-refractivity contribution is 6.60.